The summed E-state index contributed by atoms with van der Waals surface area (Å²) in [6.07, 6.45) is 2.93. The molecule has 0 atom stereocenters. The summed E-state index contributed by atoms with van der Waals surface area (Å²) in [5.74, 6) is 0.532. The molecule has 3 aromatic heterocycles. The van der Waals surface area contributed by atoms with Crippen molar-refractivity contribution in [2.75, 3.05) is 44.6 Å². The first-order valence-corrected chi connectivity index (χ1v) is 13.0. The zero-order valence-electron chi connectivity index (χ0n) is 21.1. The molecule has 4 heterocycles. The second-order valence-electron chi connectivity index (χ2n) is 9.59. The average molecular weight is 509 g/mol. The molecule has 6 rings (SSSR count). The number of carbonyl (C=O) groups excluding carboxylic acids is 1. The number of aromatic nitrogens is 3. The Morgan fingerprint density at radius 3 is 2.53 bits per heavy atom. The van der Waals surface area contributed by atoms with Crippen molar-refractivity contribution in [2.45, 2.75) is 6.42 Å². The minimum Gasteiger partial charge on any atom is -0.368 e. The van der Waals surface area contributed by atoms with Crippen LogP contribution < -0.4 is 5.32 Å². The molecule has 0 saturated carbocycles. The molecule has 1 amide bonds. The van der Waals surface area contributed by atoms with Gasteiger partial charge in [0.1, 0.15) is 11.5 Å². The second-order valence-corrected chi connectivity index (χ2v) is 9.59. The van der Waals surface area contributed by atoms with E-state index in [1.54, 1.807) is 6.07 Å². The normalized spacial score (nSPS) is 14.3. The molecular weight excluding hydrogens is 479 g/mol. The number of piperazine rings is 1. The van der Waals surface area contributed by atoms with Gasteiger partial charge in [-0.25, -0.2) is 4.39 Å². The van der Waals surface area contributed by atoms with Gasteiger partial charge in [0.15, 0.2) is 5.82 Å². The molecule has 1 fully saturated rings. The van der Waals surface area contributed by atoms with Crippen molar-refractivity contribution in [1.82, 2.24) is 24.4 Å². The third-order valence-electron chi connectivity index (χ3n) is 7.13. The van der Waals surface area contributed by atoms with Gasteiger partial charge < -0.3 is 14.6 Å². The maximum absolute atomic E-state index is 14.0. The van der Waals surface area contributed by atoms with Gasteiger partial charge in [-0.2, -0.15) is 0 Å². The number of hydrogen-bond acceptors (Lipinski definition) is 5. The van der Waals surface area contributed by atoms with E-state index < -0.39 is 0 Å². The lowest BCUT2D eigenvalue weighted by molar-refractivity contribution is 0.0637. The first kappa shape index (κ1) is 24.1. The van der Waals surface area contributed by atoms with Gasteiger partial charge in [0.05, 0.1) is 5.52 Å². The lowest BCUT2D eigenvalue weighted by Gasteiger charge is -2.34. The van der Waals surface area contributed by atoms with Gasteiger partial charge in [-0.1, -0.05) is 36.4 Å². The molecule has 5 aromatic rings. The first-order chi connectivity index (χ1) is 18.7. The van der Waals surface area contributed by atoms with Crippen LogP contribution in [0.15, 0.2) is 85.1 Å². The van der Waals surface area contributed by atoms with Gasteiger partial charge in [0.25, 0.3) is 5.91 Å². The minimum atomic E-state index is -0.300. The molecule has 0 unspecified atom stereocenters. The van der Waals surface area contributed by atoms with Crippen molar-refractivity contribution in [1.29, 1.82) is 0 Å². The van der Waals surface area contributed by atoms with E-state index in [1.807, 2.05) is 65.7 Å². The number of anilines is 1. The van der Waals surface area contributed by atoms with E-state index >= 15 is 0 Å². The summed E-state index contributed by atoms with van der Waals surface area (Å²) in [6.45, 7) is 4.92. The van der Waals surface area contributed by atoms with Crippen molar-refractivity contribution in [3.05, 3.63) is 96.4 Å². The van der Waals surface area contributed by atoms with E-state index in [0.29, 0.717) is 11.3 Å². The van der Waals surface area contributed by atoms with Crippen LogP contribution in [0.1, 0.15) is 16.8 Å². The SMILES string of the molecule is O=C(c1ccccc1)N1CCN(CCCNc2nnc(-c3cccc(F)c3)c3c2cc2ccccn23)CC1. The van der Waals surface area contributed by atoms with Crippen LogP contribution in [-0.4, -0.2) is 69.6 Å². The van der Waals surface area contributed by atoms with Crippen LogP contribution in [0.25, 0.3) is 27.7 Å². The number of pyridine rings is 1. The van der Waals surface area contributed by atoms with Crippen molar-refractivity contribution >= 4 is 28.1 Å². The first-order valence-electron chi connectivity index (χ1n) is 13.0. The molecule has 1 N–H and O–H groups in total. The quantitative estimate of drug-likeness (QED) is 0.315. The lowest BCUT2D eigenvalue weighted by Crippen LogP contribution is -2.49. The Labute approximate surface area is 220 Å². The molecule has 8 heteroatoms. The van der Waals surface area contributed by atoms with Gasteiger partial charge in [-0.3, -0.25) is 9.69 Å². The van der Waals surface area contributed by atoms with Crippen molar-refractivity contribution in [2.24, 2.45) is 0 Å². The molecular formula is C30H29FN6O. The summed E-state index contributed by atoms with van der Waals surface area (Å²) in [5, 5.41) is 13.4. The summed E-state index contributed by atoms with van der Waals surface area (Å²) in [4.78, 5) is 17.0. The molecule has 38 heavy (non-hydrogen) atoms. The van der Waals surface area contributed by atoms with E-state index in [1.165, 1.54) is 12.1 Å². The van der Waals surface area contributed by atoms with E-state index in [0.717, 1.165) is 73.5 Å². The number of nitrogens with one attached hydrogen (secondary N) is 1. The van der Waals surface area contributed by atoms with Gasteiger partial charge in [-0.15, -0.1) is 10.2 Å². The van der Waals surface area contributed by atoms with Gasteiger partial charge >= 0.3 is 0 Å². The zero-order valence-corrected chi connectivity index (χ0v) is 21.1. The van der Waals surface area contributed by atoms with Gasteiger partial charge in [-0.05, 0) is 55.4 Å². The maximum Gasteiger partial charge on any atom is 0.253 e. The molecule has 1 aliphatic heterocycles. The Bertz CT molecular complexity index is 1580. The van der Waals surface area contributed by atoms with E-state index in [4.69, 9.17) is 0 Å². The Hall–Kier alpha value is -4.30. The Morgan fingerprint density at radius 1 is 0.895 bits per heavy atom. The van der Waals surface area contributed by atoms with Crippen molar-refractivity contribution < 1.29 is 9.18 Å². The van der Waals surface area contributed by atoms with E-state index in [-0.39, 0.29) is 11.7 Å². The third-order valence-corrected chi connectivity index (χ3v) is 7.13. The lowest BCUT2D eigenvalue weighted by atomic mass is 10.1. The molecule has 7 nitrogen and oxygen atoms in total. The number of carbonyl (C=O) groups is 1. The molecule has 2 aromatic carbocycles. The monoisotopic (exact) mass is 508 g/mol. The highest BCUT2D eigenvalue weighted by molar-refractivity contribution is 6.02. The van der Waals surface area contributed by atoms with Crippen LogP contribution in [0.4, 0.5) is 10.2 Å². The van der Waals surface area contributed by atoms with Gasteiger partial charge in [0, 0.05) is 61.0 Å². The highest BCUT2D eigenvalue weighted by Gasteiger charge is 2.22. The summed E-state index contributed by atoms with van der Waals surface area (Å²) in [7, 11) is 0. The molecule has 1 aliphatic rings. The summed E-state index contributed by atoms with van der Waals surface area (Å²) >= 11 is 0. The molecule has 0 spiro atoms. The minimum absolute atomic E-state index is 0.108. The predicted octanol–water partition coefficient (Wildman–Crippen LogP) is 4.95. The number of rotatable bonds is 7. The molecule has 1 saturated heterocycles. The fourth-order valence-corrected chi connectivity index (χ4v) is 5.16. The number of fused-ring (bicyclic) bond motifs is 3. The van der Waals surface area contributed by atoms with Crippen LogP contribution in [0.2, 0.25) is 0 Å². The summed E-state index contributed by atoms with van der Waals surface area (Å²) in [6, 6.07) is 24.1. The Kier molecular flexibility index (Phi) is 6.71. The van der Waals surface area contributed by atoms with Crippen LogP contribution in [0.3, 0.4) is 0 Å². The maximum atomic E-state index is 14.0. The summed E-state index contributed by atoms with van der Waals surface area (Å²) < 4.78 is 16.1. The Balaban J connectivity index is 1.11. The average Bonchev–Trinajstić information content (AvgIpc) is 3.36. The highest BCUT2D eigenvalue weighted by Crippen LogP contribution is 2.32. The number of nitrogens with zero attached hydrogens (tertiary/aromatic N) is 5. The molecule has 0 aliphatic carbocycles. The zero-order chi connectivity index (χ0) is 25.9. The fourth-order valence-electron chi connectivity index (χ4n) is 5.16. The Morgan fingerprint density at radius 2 is 1.71 bits per heavy atom. The number of halogens is 1. The smallest absolute Gasteiger partial charge is 0.253 e. The van der Waals surface area contributed by atoms with E-state index in [9.17, 15) is 9.18 Å². The molecule has 0 radical (unpaired) electrons. The van der Waals surface area contributed by atoms with Gasteiger partial charge in [0.2, 0.25) is 0 Å². The summed E-state index contributed by atoms with van der Waals surface area (Å²) in [5.41, 5.74) is 4.03. The topological polar surface area (TPSA) is 65.8 Å². The number of benzene rings is 2. The highest BCUT2D eigenvalue weighted by atomic mass is 19.1. The van der Waals surface area contributed by atoms with Crippen molar-refractivity contribution in [3.63, 3.8) is 0 Å². The van der Waals surface area contributed by atoms with Crippen LogP contribution in [0.5, 0.6) is 0 Å². The van der Waals surface area contributed by atoms with Crippen molar-refractivity contribution in [3.8, 4) is 11.3 Å². The molecule has 0 bridgehead atoms. The van der Waals surface area contributed by atoms with Crippen LogP contribution >= 0.6 is 0 Å². The second kappa shape index (κ2) is 10.6. The van der Waals surface area contributed by atoms with Crippen LogP contribution in [-0.2, 0) is 0 Å². The molecule has 192 valence electrons. The number of hydrogen-bond donors (Lipinski definition) is 1. The fraction of sp³-hybridized carbons (Fsp3) is 0.233. The predicted molar refractivity (Wildman–Crippen MR) is 148 cm³/mol. The number of amides is 1. The van der Waals surface area contributed by atoms with Crippen LogP contribution in [0, 0.1) is 5.82 Å². The largest absolute Gasteiger partial charge is 0.368 e. The van der Waals surface area contributed by atoms with E-state index in [2.05, 4.69) is 30.9 Å². The third kappa shape index (κ3) is 4.82. The standard InChI is InChI=1S/C30H29FN6O/c31-24-11-6-10-23(20-24)27-28-26(21-25-12-4-5-15-37(25)28)29(34-33-27)32-13-7-14-35-16-18-36(19-17-35)30(38)22-8-2-1-3-9-22/h1-6,8-12,15,20-21H,7,13-14,16-19H2,(H,32,34).